The van der Waals surface area contributed by atoms with Gasteiger partial charge in [-0.25, -0.2) is 4.39 Å². The van der Waals surface area contributed by atoms with Gasteiger partial charge in [0.25, 0.3) is 0 Å². The second kappa shape index (κ2) is 8.73. The van der Waals surface area contributed by atoms with E-state index < -0.39 is 0 Å². The lowest BCUT2D eigenvalue weighted by Crippen LogP contribution is -2.23. The van der Waals surface area contributed by atoms with Gasteiger partial charge in [-0.15, -0.1) is 0 Å². The molecule has 0 aliphatic rings. The Hall–Kier alpha value is -2.62. The summed E-state index contributed by atoms with van der Waals surface area (Å²) in [5, 5.41) is 2.80. The molecule has 1 amide bonds. The average Bonchev–Trinajstić information content (AvgIpc) is 2.56. The zero-order valence-electron chi connectivity index (χ0n) is 13.1. The Morgan fingerprint density at radius 3 is 2.48 bits per heavy atom. The van der Waals surface area contributed by atoms with Crippen LogP contribution in [0.5, 0.6) is 5.75 Å². The second-order valence-corrected chi connectivity index (χ2v) is 5.00. The van der Waals surface area contributed by atoms with Crippen LogP contribution in [0.3, 0.4) is 0 Å². The molecular formula is C19H20FNO2. The lowest BCUT2D eigenvalue weighted by Gasteiger charge is -2.03. The lowest BCUT2D eigenvalue weighted by molar-refractivity contribution is -0.116. The number of hydrogen-bond acceptors (Lipinski definition) is 2. The van der Waals surface area contributed by atoms with Crippen LogP contribution in [0.2, 0.25) is 0 Å². The molecule has 0 spiro atoms. The molecule has 0 fully saturated rings. The van der Waals surface area contributed by atoms with Crippen LogP contribution in [0.4, 0.5) is 4.39 Å². The fraction of sp³-hybridized carbons (Fsp3) is 0.211. The van der Waals surface area contributed by atoms with E-state index in [4.69, 9.17) is 4.74 Å². The van der Waals surface area contributed by atoms with Gasteiger partial charge in [0, 0.05) is 12.6 Å². The van der Waals surface area contributed by atoms with Gasteiger partial charge in [-0.05, 0) is 54.8 Å². The van der Waals surface area contributed by atoms with Gasteiger partial charge in [0.15, 0.2) is 0 Å². The first-order valence-corrected chi connectivity index (χ1v) is 7.60. The van der Waals surface area contributed by atoms with E-state index in [0.717, 1.165) is 16.9 Å². The summed E-state index contributed by atoms with van der Waals surface area (Å²) in [6.07, 6.45) is 3.92. The van der Waals surface area contributed by atoms with Crippen LogP contribution >= 0.6 is 0 Å². The van der Waals surface area contributed by atoms with Crippen LogP contribution in [0, 0.1) is 5.82 Å². The van der Waals surface area contributed by atoms with E-state index in [9.17, 15) is 9.18 Å². The van der Waals surface area contributed by atoms with Crippen LogP contribution < -0.4 is 10.1 Å². The molecule has 23 heavy (non-hydrogen) atoms. The summed E-state index contributed by atoms with van der Waals surface area (Å²) in [5.74, 6) is 0.408. The summed E-state index contributed by atoms with van der Waals surface area (Å²) in [6.45, 7) is 3.08. The number of hydrogen-bond donors (Lipinski definition) is 1. The van der Waals surface area contributed by atoms with Crippen LogP contribution in [0.1, 0.15) is 18.1 Å². The first kappa shape index (κ1) is 16.7. The molecule has 4 heteroatoms. The van der Waals surface area contributed by atoms with Gasteiger partial charge in [0.05, 0.1) is 6.61 Å². The first-order valence-electron chi connectivity index (χ1n) is 7.60. The maximum Gasteiger partial charge on any atom is 0.244 e. The van der Waals surface area contributed by atoms with Crippen molar-refractivity contribution in [3.05, 3.63) is 71.6 Å². The molecule has 2 rings (SSSR count). The van der Waals surface area contributed by atoms with E-state index in [1.54, 1.807) is 18.2 Å². The summed E-state index contributed by atoms with van der Waals surface area (Å²) in [4.78, 5) is 11.7. The Labute approximate surface area is 135 Å². The van der Waals surface area contributed by atoms with Gasteiger partial charge in [0.1, 0.15) is 11.6 Å². The summed E-state index contributed by atoms with van der Waals surface area (Å²) in [6, 6.07) is 13.8. The highest BCUT2D eigenvalue weighted by atomic mass is 19.1. The summed E-state index contributed by atoms with van der Waals surface area (Å²) >= 11 is 0. The third-order valence-corrected chi connectivity index (χ3v) is 3.24. The van der Waals surface area contributed by atoms with E-state index in [0.29, 0.717) is 19.6 Å². The largest absolute Gasteiger partial charge is 0.494 e. The number of halogens is 1. The minimum atomic E-state index is -0.254. The molecular weight excluding hydrogens is 293 g/mol. The van der Waals surface area contributed by atoms with E-state index >= 15 is 0 Å². The molecule has 0 aliphatic heterocycles. The minimum Gasteiger partial charge on any atom is -0.494 e. The molecule has 0 heterocycles. The lowest BCUT2D eigenvalue weighted by atomic mass is 10.1. The van der Waals surface area contributed by atoms with Gasteiger partial charge < -0.3 is 10.1 Å². The predicted molar refractivity (Wildman–Crippen MR) is 89.8 cm³/mol. The first-order chi connectivity index (χ1) is 11.2. The molecule has 2 aromatic rings. The smallest absolute Gasteiger partial charge is 0.244 e. The number of amides is 1. The highest BCUT2D eigenvalue weighted by Crippen LogP contribution is 2.12. The Morgan fingerprint density at radius 2 is 1.83 bits per heavy atom. The third kappa shape index (κ3) is 5.94. The number of rotatable bonds is 7. The van der Waals surface area contributed by atoms with Crippen LogP contribution in [0.15, 0.2) is 54.6 Å². The fourth-order valence-corrected chi connectivity index (χ4v) is 2.05. The van der Waals surface area contributed by atoms with E-state index in [2.05, 4.69) is 5.32 Å². The minimum absolute atomic E-state index is 0.152. The molecule has 0 aromatic heterocycles. The molecule has 0 saturated carbocycles. The number of benzene rings is 2. The van der Waals surface area contributed by atoms with E-state index in [1.165, 1.54) is 18.2 Å². The molecule has 0 radical (unpaired) electrons. The standard InChI is InChI=1S/C19H20FNO2/c1-2-23-18-10-5-15(6-11-18)7-12-19(22)21-14-13-16-3-8-17(20)9-4-16/h3-12H,2,13-14H2,1H3,(H,21,22)/b12-7+. The van der Waals surface area contributed by atoms with Gasteiger partial charge in [-0.1, -0.05) is 24.3 Å². The summed E-state index contributed by atoms with van der Waals surface area (Å²) in [5.41, 5.74) is 1.92. The number of nitrogens with one attached hydrogen (secondary N) is 1. The molecule has 2 aromatic carbocycles. The zero-order valence-corrected chi connectivity index (χ0v) is 13.1. The number of ether oxygens (including phenoxy) is 1. The van der Waals surface area contributed by atoms with Crippen molar-refractivity contribution in [2.24, 2.45) is 0 Å². The molecule has 0 bridgehead atoms. The van der Waals surface area contributed by atoms with E-state index in [-0.39, 0.29) is 11.7 Å². The molecule has 0 unspecified atom stereocenters. The average molecular weight is 313 g/mol. The van der Waals surface area contributed by atoms with Crippen molar-refractivity contribution in [2.75, 3.05) is 13.2 Å². The Morgan fingerprint density at radius 1 is 1.13 bits per heavy atom. The normalized spacial score (nSPS) is 10.7. The quantitative estimate of drug-likeness (QED) is 0.793. The van der Waals surface area contributed by atoms with Crippen molar-refractivity contribution >= 4 is 12.0 Å². The molecule has 120 valence electrons. The van der Waals surface area contributed by atoms with E-state index in [1.807, 2.05) is 31.2 Å². The number of carbonyl (C=O) groups excluding carboxylic acids is 1. The van der Waals surface area contributed by atoms with Crippen molar-refractivity contribution in [3.63, 3.8) is 0 Å². The van der Waals surface area contributed by atoms with Gasteiger partial charge in [-0.3, -0.25) is 4.79 Å². The maximum absolute atomic E-state index is 12.8. The molecule has 0 atom stereocenters. The molecule has 0 saturated heterocycles. The second-order valence-electron chi connectivity index (χ2n) is 5.00. The highest BCUT2D eigenvalue weighted by molar-refractivity contribution is 5.91. The topological polar surface area (TPSA) is 38.3 Å². The van der Waals surface area contributed by atoms with Gasteiger partial charge >= 0.3 is 0 Å². The fourth-order valence-electron chi connectivity index (χ4n) is 2.05. The summed E-state index contributed by atoms with van der Waals surface area (Å²) in [7, 11) is 0. The Balaban J connectivity index is 1.76. The summed E-state index contributed by atoms with van der Waals surface area (Å²) < 4.78 is 18.1. The number of carbonyl (C=O) groups is 1. The molecule has 3 nitrogen and oxygen atoms in total. The Kier molecular flexibility index (Phi) is 6.36. The SMILES string of the molecule is CCOc1ccc(/C=C/C(=O)NCCc2ccc(F)cc2)cc1. The van der Waals surface area contributed by atoms with Crippen molar-refractivity contribution in [3.8, 4) is 5.75 Å². The Bertz CT molecular complexity index is 648. The highest BCUT2D eigenvalue weighted by Gasteiger charge is 1.98. The van der Waals surface area contributed by atoms with Crippen LogP contribution in [-0.4, -0.2) is 19.1 Å². The predicted octanol–water partition coefficient (Wildman–Crippen LogP) is 3.60. The van der Waals surface area contributed by atoms with Crippen molar-refractivity contribution in [1.82, 2.24) is 5.32 Å². The van der Waals surface area contributed by atoms with Crippen molar-refractivity contribution in [2.45, 2.75) is 13.3 Å². The monoisotopic (exact) mass is 313 g/mol. The molecule has 1 N–H and O–H groups in total. The van der Waals surface area contributed by atoms with Crippen LogP contribution in [-0.2, 0) is 11.2 Å². The third-order valence-electron chi connectivity index (χ3n) is 3.24. The zero-order chi connectivity index (χ0) is 16.5. The van der Waals surface area contributed by atoms with Gasteiger partial charge in [0.2, 0.25) is 5.91 Å². The van der Waals surface area contributed by atoms with Crippen LogP contribution in [0.25, 0.3) is 6.08 Å². The van der Waals surface area contributed by atoms with Crippen molar-refractivity contribution < 1.29 is 13.9 Å². The van der Waals surface area contributed by atoms with Gasteiger partial charge in [-0.2, -0.15) is 0 Å². The maximum atomic E-state index is 12.8. The molecule has 0 aliphatic carbocycles. The van der Waals surface area contributed by atoms with Crippen molar-refractivity contribution in [1.29, 1.82) is 0 Å².